The SMILES string of the molecule is Nc1onc(CC2CCCCCC2)c1-c1cccc(F)c1. The number of rotatable bonds is 3. The zero-order chi connectivity index (χ0) is 14.7. The van der Waals surface area contributed by atoms with Gasteiger partial charge in [-0.15, -0.1) is 0 Å². The number of benzene rings is 1. The second kappa shape index (κ2) is 6.29. The number of nitrogens with zero attached hydrogens (tertiary/aromatic N) is 1. The number of anilines is 1. The summed E-state index contributed by atoms with van der Waals surface area (Å²) in [4.78, 5) is 0. The van der Waals surface area contributed by atoms with Gasteiger partial charge in [0.2, 0.25) is 5.88 Å². The molecule has 0 bridgehead atoms. The molecular formula is C17H21FN2O. The van der Waals surface area contributed by atoms with E-state index in [-0.39, 0.29) is 11.7 Å². The normalized spacial score (nSPS) is 16.8. The summed E-state index contributed by atoms with van der Waals surface area (Å²) < 4.78 is 18.6. The first kappa shape index (κ1) is 14.1. The van der Waals surface area contributed by atoms with Crippen LogP contribution in [0.15, 0.2) is 28.8 Å². The standard InChI is InChI=1S/C17H21FN2O/c18-14-9-5-8-13(11-14)16-15(20-21-17(16)19)10-12-6-3-1-2-4-7-12/h5,8-9,11-12H,1-4,6-7,10,19H2. The van der Waals surface area contributed by atoms with Gasteiger partial charge in [-0.1, -0.05) is 55.8 Å². The van der Waals surface area contributed by atoms with Gasteiger partial charge in [0, 0.05) is 0 Å². The maximum atomic E-state index is 13.4. The lowest BCUT2D eigenvalue weighted by Crippen LogP contribution is -2.05. The highest BCUT2D eigenvalue weighted by atomic mass is 19.1. The van der Waals surface area contributed by atoms with Crippen LogP contribution in [-0.4, -0.2) is 5.16 Å². The van der Waals surface area contributed by atoms with Crippen molar-refractivity contribution < 1.29 is 8.91 Å². The molecule has 1 aromatic heterocycles. The highest BCUT2D eigenvalue weighted by molar-refractivity contribution is 5.75. The molecule has 0 aliphatic heterocycles. The van der Waals surface area contributed by atoms with Crippen molar-refractivity contribution in [1.29, 1.82) is 0 Å². The van der Waals surface area contributed by atoms with Crippen molar-refractivity contribution in [1.82, 2.24) is 5.16 Å². The predicted octanol–water partition coefficient (Wildman–Crippen LogP) is 4.58. The van der Waals surface area contributed by atoms with Crippen LogP contribution < -0.4 is 5.73 Å². The lowest BCUT2D eigenvalue weighted by Gasteiger charge is -2.12. The van der Waals surface area contributed by atoms with Crippen LogP contribution in [-0.2, 0) is 6.42 Å². The molecule has 1 aliphatic rings. The average Bonchev–Trinajstić information content (AvgIpc) is 2.67. The van der Waals surface area contributed by atoms with Crippen molar-refractivity contribution in [2.75, 3.05) is 5.73 Å². The molecule has 3 nitrogen and oxygen atoms in total. The molecule has 112 valence electrons. The van der Waals surface area contributed by atoms with Gasteiger partial charge in [-0.3, -0.25) is 0 Å². The maximum Gasteiger partial charge on any atom is 0.230 e. The number of nitrogen functional groups attached to an aromatic ring is 1. The van der Waals surface area contributed by atoms with Crippen molar-refractivity contribution in [3.05, 3.63) is 35.8 Å². The zero-order valence-corrected chi connectivity index (χ0v) is 12.1. The van der Waals surface area contributed by atoms with Crippen molar-refractivity contribution in [2.45, 2.75) is 44.9 Å². The molecule has 1 aliphatic carbocycles. The summed E-state index contributed by atoms with van der Waals surface area (Å²) >= 11 is 0. The lowest BCUT2D eigenvalue weighted by atomic mass is 9.92. The maximum absolute atomic E-state index is 13.4. The Hall–Kier alpha value is -1.84. The molecule has 0 saturated heterocycles. The van der Waals surface area contributed by atoms with Gasteiger partial charge >= 0.3 is 0 Å². The monoisotopic (exact) mass is 288 g/mol. The molecule has 4 heteroatoms. The third-order valence-corrected chi connectivity index (χ3v) is 4.36. The third kappa shape index (κ3) is 3.26. The van der Waals surface area contributed by atoms with Crippen LogP contribution in [0.5, 0.6) is 0 Å². The van der Waals surface area contributed by atoms with Crippen LogP contribution in [0.3, 0.4) is 0 Å². The van der Waals surface area contributed by atoms with Crippen LogP contribution >= 0.6 is 0 Å². The molecule has 3 rings (SSSR count). The fourth-order valence-corrected chi connectivity index (χ4v) is 3.27. The highest BCUT2D eigenvalue weighted by Crippen LogP contribution is 2.34. The minimum Gasteiger partial charge on any atom is -0.367 e. The summed E-state index contributed by atoms with van der Waals surface area (Å²) in [5.41, 5.74) is 8.28. The first-order valence-corrected chi connectivity index (χ1v) is 7.74. The minimum absolute atomic E-state index is 0.270. The second-order valence-corrected chi connectivity index (χ2v) is 5.94. The lowest BCUT2D eigenvalue weighted by molar-refractivity contribution is 0.403. The van der Waals surface area contributed by atoms with E-state index in [9.17, 15) is 4.39 Å². The molecule has 0 radical (unpaired) electrons. The van der Waals surface area contributed by atoms with Crippen LogP contribution in [0.4, 0.5) is 10.3 Å². The average molecular weight is 288 g/mol. The van der Waals surface area contributed by atoms with E-state index in [1.54, 1.807) is 6.07 Å². The van der Waals surface area contributed by atoms with Crippen LogP contribution in [0, 0.1) is 11.7 Å². The largest absolute Gasteiger partial charge is 0.367 e. The van der Waals surface area contributed by atoms with Crippen molar-refractivity contribution >= 4 is 5.88 Å². The van der Waals surface area contributed by atoms with Crippen molar-refractivity contribution in [2.24, 2.45) is 5.92 Å². The van der Waals surface area contributed by atoms with Gasteiger partial charge in [0.05, 0.1) is 11.3 Å². The van der Waals surface area contributed by atoms with Crippen molar-refractivity contribution in [3.63, 3.8) is 0 Å². The number of halogens is 1. The van der Waals surface area contributed by atoms with Gasteiger partial charge in [0.25, 0.3) is 0 Å². The number of hydrogen-bond acceptors (Lipinski definition) is 3. The van der Waals surface area contributed by atoms with Gasteiger partial charge in [-0.25, -0.2) is 4.39 Å². The van der Waals surface area contributed by atoms with Crippen molar-refractivity contribution in [3.8, 4) is 11.1 Å². The van der Waals surface area contributed by atoms with E-state index in [0.717, 1.165) is 23.2 Å². The van der Waals surface area contributed by atoms with E-state index in [0.29, 0.717) is 5.92 Å². The molecule has 1 saturated carbocycles. The van der Waals surface area contributed by atoms with E-state index < -0.39 is 0 Å². The molecule has 1 aromatic carbocycles. The predicted molar refractivity (Wildman–Crippen MR) is 81.2 cm³/mol. The minimum atomic E-state index is -0.270. The molecule has 0 amide bonds. The Morgan fingerprint density at radius 1 is 1.19 bits per heavy atom. The summed E-state index contributed by atoms with van der Waals surface area (Å²) in [7, 11) is 0. The van der Waals surface area contributed by atoms with Crippen LogP contribution in [0.25, 0.3) is 11.1 Å². The van der Waals surface area contributed by atoms with Gasteiger partial charge in [0.1, 0.15) is 5.82 Å². The second-order valence-electron chi connectivity index (χ2n) is 5.94. The molecule has 2 N–H and O–H groups in total. The molecule has 2 aromatic rings. The number of hydrogen-bond donors (Lipinski definition) is 1. The Morgan fingerprint density at radius 3 is 2.67 bits per heavy atom. The van der Waals surface area contributed by atoms with Gasteiger partial charge in [-0.05, 0) is 30.0 Å². The summed E-state index contributed by atoms with van der Waals surface area (Å²) in [6, 6.07) is 6.45. The summed E-state index contributed by atoms with van der Waals surface area (Å²) in [6.45, 7) is 0. The smallest absolute Gasteiger partial charge is 0.230 e. The fraction of sp³-hybridized carbons (Fsp3) is 0.471. The first-order chi connectivity index (χ1) is 10.2. The molecule has 21 heavy (non-hydrogen) atoms. The quantitative estimate of drug-likeness (QED) is 0.841. The van der Waals surface area contributed by atoms with E-state index in [2.05, 4.69) is 5.16 Å². The summed E-state index contributed by atoms with van der Waals surface area (Å²) in [5, 5.41) is 4.12. The molecule has 1 heterocycles. The molecule has 0 unspecified atom stereocenters. The highest BCUT2D eigenvalue weighted by Gasteiger charge is 2.21. The van der Waals surface area contributed by atoms with E-state index in [4.69, 9.17) is 10.3 Å². The molecule has 1 fully saturated rings. The Balaban J connectivity index is 1.86. The third-order valence-electron chi connectivity index (χ3n) is 4.36. The zero-order valence-electron chi connectivity index (χ0n) is 12.1. The van der Waals surface area contributed by atoms with Crippen LogP contribution in [0.2, 0.25) is 0 Å². The van der Waals surface area contributed by atoms with Gasteiger partial charge in [0.15, 0.2) is 0 Å². The van der Waals surface area contributed by atoms with Crippen LogP contribution in [0.1, 0.15) is 44.2 Å². The number of nitrogens with two attached hydrogens (primary N) is 1. The van der Waals surface area contributed by atoms with Gasteiger partial charge < -0.3 is 10.3 Å². The Kier molecular flexibility index (Phi) is 4.23. The van der Waals surface area contributed by atoms with E-state index in [1.807, 2.05) is 6.07 Å². The Morgan fingerprint density at radius 2 is 1.95 bits per heavy atom. The fourth-order valence-electron chi connectivity index (χ4n) is 3.27. The van der Waals surface area contributed by atoms with Gasteiger partial charge in [-0.2, -0.15) is 0 Å². The molecule has 0 spiro atoms. The summed E-state index contributed by atoms with van der Waals surface area (Å²) in [5.74, 6) is 0.641. The first-order valence-electron chi connectivity index (χ1n) is 7.74. The summed E-state index contributed by atoms with van der Waals surface area (Å²) in [6.07, 6.45) is 8.56. The van der Waals surface area contributed by atoms with E-state index in [1.165, 1.54) is 50.7 Å². The Labute approximate surface area is 124 Å². The topological polar surface area (TPSA) is 52.0 Å². The molecule has 0 atom stereocenters. The Bertz CT molecular complexity index is 601. The molecular weight excluding hydrogens is 267 g/mol. The number of aromatic nitrogens is 1. The van der Waals surface area contributed by atoms with E-state index >= 15 is 0 Å².